The maximum Gasteiger partial charge on any atom is 0.472 e. The summed E-state index contributed by atoms with van der Waals surface area (Å²) in [5, 5.41) is 10.6. The zero-order valence-electron chi connectivity index (χ0n) is 59.9. The van der Waals surface area contributed by atoms with Gasteiger partial charge in [-0.1, -0.05) is 324 Å². The highest BCUT2D eigenvalue weighted by atomic mass is 31.2. The normalized spacial score (nSPS) is 14.4. The van der Waals surface area contributed by atoms with Crippen LogP contribution < -0.4 is 0 Å². The molecule has 0 aromatic heterocycles. The maximum absolute atomic E-state index is 13.1. The molecule has 0 aromatic carbocycles. The summed E-state index contributed by atoms with van der Waals surface area (Å²) in [5.74, 6) is -0.587. The Balaban J connectivity index is 5.14. The molecule has 19 heteroatoms. The topological polar surface area (TPSA) is 237 Å². The molecule has 17 nitrogen and oxygen atoms in total. The van der Waals surface area contributed by atoms with Crippen LogP contribution in [0.3, 0.4) is 0 Å². The number of hydrogen-bond donors (Lipinski definition) is 3. The molecule has 0 saturated heterocycles. The summed E-state index contributed by atoms with van der Waals surface area (Å²) in [7, 11) is -9.90. The van der Waals surface area contributed by atoms with E-state index in [-0.39, 0.29) is 25.7 Å². The van der Waals surface area contributed by atoms with E-state index in [1.807, 2.05) is 0 Å². The highest BCUT2D eigenvalue weighted by molar-refractivity contribution is 7.47. The van der Waals surface area contributed by atoms with Gasteiger partial charge in [0.05, 0.1) is 26.4 Å². The summed E-state index contributed by atoms with van der Waals surface area (Å²) in [6.45, 7) is 9.51. The van der Waals surface area contributed by atoms with Crippen LogP contribution in [0.4, 0.5) is 0 Å². The van der Waals surface area contributed by atoms with Crippen molar-refractivity contribution in [3.63, 3.8) is 0 Å². The van der Waals surface area contributed by atoms with Crippen LogP contribution in [-0.4, -0.2) is 96.7 Å². The molecule has 0 radical (unpaired) electrons. The van der Waals surface area contributed by atoms with Gasteiger partial charge in [-0.3, -0.25) is 37.3 Å². The lowest BCUT2D eigenvalue weighted by Crippen LogP contribution is -2.30. The lowest BCUT2D eigenvalue weighted by molar-refractivity contribution is -0.161. The van der Waals surface area contributed by atoms with Gasteiger partial charge in [0.15, 0.2) is 12.2 Å². The SMILES string of the molecule is CCCCCCCCCCCCCCCC(=O)OC[C@H](COP(=O)(O)OC[C@@H](O)COP(=O)(O)OC[C@@H](COC(=O)CCCCCCCCCC)OC(=O)CCCCCCCCC(C)C)OC(=O)CCCCCCCCCCCCCCCCCCCCC(C)CC. The number of hydrogen-bond acceptors (Lipinski definition) is 15. The van der Waals surface area contributed by atoms with Crippen molar-refractivity contribution in [1.29, 1.82) is 0 Å². The molecular weight excluding hydrogens is 1210 g/mol. The second-order valence-corrected chi connectivity index (χ2v) is 30.0. The molecule has 3 unspecified atom stereocenters. The van der Waals surface area contributed by atoms with Crippen LogP contribution in [0.2, 0.25) is 0 Å². The monoisotopic (exact) mass is 1350 g/mol. The van der Waals surface area contributed by atoms with Crippen molar-refractivity contribution < 1.29 is 80.2 Å². The molecule has 0 spiro atoms. The van der Waals surface area contributed by atoms with Gasteiger partial charge >= 0.3 is 39.5 Å². The van der Waals surface area contributed by atoms with Crippen LogP contribution in [0.15, 0.2) is 0 Å². The minimum atomic E-state index is -4.95. The van der Waals surface area contributed by atoms with Gasteiger partial charge in [0, 0.05) is 25.7 Å². The number of rotatable bonds is 72. The zero-order valence-corrected chi connectivity index (χ0v) is 61.6. The van der Waals surface area contributed by atoms with Crippen LogP contribution in [0.5, 0.6) is 0 Å². The van der Waals surface area contributed by atoms with Gasteiger partial charge in [-0.15, -0.1) is 0 Å². The Labute approximate surface area is 562 Å². The smallest absolute Gasteiger partial charge is 0.462 e. The summed E-state index contributed by atoms with van der Waals surface area (Å²) in [5.41, 5.74) is 0. The number of phosphoric ester groups is 2. The predicted octanol–water partition coefficient (Wildman–Crippen LogP) is 21.2. The third-order valence-corrected chi connectivity index (χ3v) is 19.2. The molecule has 546 valence electrons. The molecule has 3 N–H and O–H groups in total. The summed E-state index contributed by atoms with van der Waals surface area (Å²) >= 11 is 0. The van der Waals surface area contributed by atoms with E-state index in [0.717, 1.165) is 102 Å². The average molecular weight is 1350 g/mol. The molecule has 0 amide bonds. The van der Waals surface area contributed by atoms with E-state index in [0.29, 0.717) is 31.6 Å². The summed E-state index contributed by atoms with van der Waals surface area (Å²) in [4.78, 5) is 72.5. The van der Waals surface area contributed by atoms with E-state index in [1.54, 1.807) is 0 Å². The summed E-state index contributed by atoms with van der Waals surface area (Å²) < 4.78 is 68.2. The molecular formula is C73H142O17P2. The standard InChI is InChI=1S/C73H142O17P2/c1-7-10-12-14-16-18-19-26-30-33-37-44-50-56-71(76)84-61-68(89-72(77)57-51-45-38-34-31-28-25-23-21-20-22-24-27-29-32-35-42-48-54-66(6)9-3)63-87-91(79,80)85-59-67(74)60-86-92(81,82)88-64-69(62-83-70(75)55-49-43-36-17-15-13-11-8-2)90-73(78)58-52-46-40-39-41-47-53-65(4)5/h65-69,74H,7-64H2,1-6H3,(H,79,80)(H,81,82)/t66?,67-,68-,69-/m1/s1. The first-order valence-corrected chi connectivity index (χ1v) is 41.0. The first kappa shape index (κ1) is 90.1. The number of carbonyl (C=O) groups excluding carboxylic acids is 4. The van der Waals surface area contributed by atoms with Crippen LogP contribution in [-0.2, 0) is 65.4 Å². The Morgan fingerprint density at radius 1 is 0.315 bits per heavy atom. The van der Waals surface area contributed by atoms with Crippen LogP contribution in [0, 0.1) is 11.8 Å². The second kappa shape index (κ2) is 65.0. The number of phosphoric acid groups is 2. The fourth-order valence-electron chi connectivity index (χ4n) is 11.1. The van der Waals surface area contributed by atoms with E-state index in [1.165, 1.54) is 186 Å². The van der Waals surface area contributed by atoms with E-state index in [2.05, 4.69) is 41.5 Å². The van der Waals surface area contributed by atoms with Crippen molar-refractivity contribution in [2.24, 2.45) is 11.8 Å². The molecule has 0 saturated carbocycles. The van der Waals surface area contributed by atoms with Crippen molar-refractivity contribution in [2.75, 3.05) is 39.6 Å². The van der Waals surface area contributed by atoms with Gasteiger partial charge in [0.25, 0.3) is 0 Å². The van der Waals surface area contributed by atoms with Crippen molar-refractivity contribution in [3.05, 3.63) is 0 Å². The van der Waals surface area contributed by atoms with Crippen LogP contribution in [0.25, 0.3) is 0 Å². The van der Waals surface area contributed by atoms with E-state index in [9.17, 15) is 43.2 Å². The lowest BCUT2D eigenvalue weighted by atomic mass is 9.99. The minimum absolute atomic E-state index is 0.102. The first-order valence-electron chi connectivity index (χ1n) is 38.0. The van der Waals surface area contributed by atoms with Crippen molar-refractivity contribution in [2.45, 2.75) is 394 Å². The van der Waals surface area contributed by atoms with Gasteiger partial charge in [-0.05, 0) is 37.5 Å². The first-order chi connectivity index (χ1) is 44.4. The fourth-order valence-corrected chi connectivity index (χ4v) is 12.7. The van der Waals surface area contributed by atoms with Crippen molar-refractivity contribution >= 4 is 39.5 Å². The highest BCUT2D eigenvalue weighted by Crippen LogP contribution is 2.45. The third-order valence-electron chi connectivity index (χ3n) is 17.3. The predicted molar refractivity (Wildman–Crippen MR) is 372 cm³/mol. The number of ether oxygens (including phenoxy) is 4. The number of unbranched alkanes of at least 4 members (excludes halogenated alkanes) is 41. The molecule has 0 fully saturated rings. The summed E-state index contributed by atoms with van der Waals surface area (Å²) in [6, 6.07) is 0. The molecule has 0 heterocycles. The maximum atomic E-state index is 13.1. The number of esters is 4. The van der Waals surface area contributed by atoms with E-state index < -0.39 is 97.5 Å². The van der Waals surface area contributed by atoms with Gasteiger partial charge in [-0.25, -0.2) is 9.13 Å². The van der Waals surface area contributed by atoms with Crippen LogP contribution in [0.1, 0.15) is 375 Å². The van der Waals surface area contributed by atoms with Crippen molar-refractivity contribution in [3.8, 4) is 0 Å². The largest absolute Gasteiger partial charge is 0.472 e. The summed E-state index contributed by atoms with van der Waals surface area (Å²) in [6.07, 6.45) is 51.6. The zero-order chi connectivity index (χ0) is 67.9. The Hall–Kier alpha value is -1.94. The number of aliphatic hydroxyl groups excluding tert-OH is 1. The third kappa shape index (κ3) is 65.4. The molecule has 0 aliphatic heterocycles. The van der Waals surface area contributed by atoms with E-state index >= 15 is 0 Å². The minimum Gasteiger partial charge on any atom is -0.462 e. The molecule has 0 aromatic rings. The molecule has 0 rings (SSSR count). The quantitative estimate of drug-likeness (QED) is 0.0222. The lowest BCUT2D eigenvalue weighted by Gasteiger charge is -2.21. The fraction of sp³-hybridized carbons (Fsp3) is 0.945. The highest BCUT2D eigenvalue weighted by Gasteiger charge is 2.30. The molecule has 0 bridgehead atoms. The second-order valence-electron chi connectivity index (χ2n) is 27.1. The average Bonchev–Trinajstić information content (AvgIpc) is 3.29. The Bertz CT molecular complexity index is 1790. The van der Waals surface area contributed by atoms with Gasteiger partial charge in [-0.2, -0.15) is 0 Å². The molecule has 6 atom stereocenters. The van der Waals surface area contributed by atoms with Gasteiger partial charge in [0.1, 0.15) is 19.3 Å². The van der Waals surface area contributed by atoms with Gasteiger partial charge in [0.2, 0.25) is 0 Å². The number of carbonyl (C=O) groups is 4. The number of aliphatic hydroxyl groups is 1. The molecule has 0 aliphatic carbocycles. The Morgan fingerprint density at radius 3 is 0.826 bits per heavy atom. The van der Waals surface area contributed by atoms with E-state index in [4.69, 9.17) is 37.0 Å². The van der Waals surface area contributed by atoms with Gasteiger partial charge < -0.3 is 33.8 Å². The Kier molecular flexibility index (Phi) is 63.7. The Morgan fingerprint density at radius 2 is 0.554 bits per heavy atom. The van der Waals surface area contributed by atoms with Crippen molar-refractivity contribution in [1.82, 2.24) is 0 Å². The molecule has 92 heavy (non-hydrogen) atoms. The van der Waals surface area contributed by atoms with Crippen LogP contribution >= 0.6 is 15.6 Å². The molecule has 0 aliphatic rings.